The summed E-state index contributed by atoms with van der Waals surface area (Å²) in [7, 11) is 0. The largest absolute Gasteiger partial charge is 0.327 e. The molecule has 0 saturated carbocycles. The summed E-state index contributed by atoms with van der Waals surface area (Å²) < 4.78 is 0. The summed E-state index contributed by atoms with van der Waals surface area (Å²) in [6.07, 6.45) is 6.47. The van der Waals surface area contributed by atoms with Crippen LogP contribution in [0.25, 0.3) is 0 Å². The van der Waals surface area contributed by atoms with Gasteiger partial charge in [-0.05, 0) is 18.9 Å². The van der Waals surface area contributed by atoms with Crippen LogP contribution in [-0.2, 0) is 6.42 Å². The maximum absolute atomic E-state index is 5.92. The molecule has 0 spiro atoms. The van der Waals surface area contributed by atoms with Crippen molar-refractivity contribution in [1.29, 1.82) is 0 Å². The molecule has 0 bridgehead atoms. The van der Waals surface area contributed by atoms with E-state index in [1.807, 2.05) is 13.1 Å². The van der Waals surface area contributed by atoms with Gasteiger partial charge in [-0.3, -0.25) is 0 Å². The van der Waals surface area contributed by atoms with Crippen molar-refractivity contribution in [2.24, 2.45) is 5.73 Å². The van der Waals surface area contributed by atoms with Gasteiger partial charge in [0, 0.05) is 24.4 Å². The minimum absolute atomic E-state index is 0.235. The maximum Gasteiger partial charge on any atom is 0.115 e. The summed E-state index contributed by atoms with van der Waals surface area (Å²) in [6, 6.07) is 0.235. The van der Waals surface area contributed by atoms with Crippen LogP contribution < -0.4 is 5.73 Å². The summed E-state index contributed by atoms with van der Waals surface area (Å²) >= 11 is 0. The zero-order chi connectivity index (χ0) is 9.68. The molecule has 0 aromatic carbocycles. The van der Waals surface area contributed by atoms with Crippen LogP contribution in [-0.4, -0.2) is 16.0 Å². The number of nitrogens with zero attached hydrogens (tertiary/aromatic N) is 2. The van der Waals surface area contributed by atoms with Gasteiger partial charge in [0.05, 0.1) is 0 Å². The first kappa shape index (κ1) is 10.1. The molecule has 0 radical (unpaired) electrons. The van der Waals surface area contributed by atoms with Crippen molar-refractivity contribution in [3.63, 3.8) is 0 Å². The van der Waals surface area contributed by atoms with E-state index in [-0.39, 0.29) is 6.04 Å². The van der Waals surface area contributed by atoms with E-state index in [4.69, 9.17) is 5.73 Å². The first-order valence-electron chi connectivity index (χ1n) is 4.75. The molecule has 0 aliphatic carbocycles. The van der Waals surface area contributed by atoms with E-state index >= 15 is 0 Å². The van der Waals surface area contributed by atoms with Crippen LogP contribution in [0.4, 0.5) is 0 Å². The molecule has 3 nitrogen and oxygen atoms in total. The smallest absolute Gasteiger partial charge is 0.115 e. The standard InChI is InChI=1S/C10H17N3/c1-3-4-9(11)5-10-8(2)6-12-7-13-10/h6-7,9H,3-5,11H2,1-2H3. The Bertz CT molecular complexity index is 260. The van der Waals surface area contributed by atoms with Crippen molar-refractivity contribution < 1.29 is 0 Å². The summed E-state index contributed by atoms with van der Waals surface area (Å²) in [5.74, 6) is 0. The topological polar surface area (TPSA) is 51.8 Å². The second kappa shape index (κ2) is 4.92. The van der Waals surface area contributed by atoms with Crippen molar-refractivity contribution >= 4 is 0 Å². The summed E-state index contributed by atoms with van der Waals surface area (Å²) in [5.41, 5.74) is 8.14. The van der Waals surface area contributed by atoms with E-state index < -0.39 is 0 Å². The zero-order valence-corrected chi connectivity index (χ0v) is 8.33. The first-order valence-corrected chi connectivity index (χ1v) is 4.75. The van der Waals surface area contributed by atoms with Gasteiger partial charge in [-0.1, -0.05) is 13.3 Å². The van der Waals surface area contributed by atoms with E-state index in [9.17, 15) is 0 Å². The molecule has 1 unspecified atom stereocenters. The molecule has 1 heterocycles. The zero-order valence-electron chi connectivity index (χ0n) is 8.33. The molecule has 0 aliphatic heterocycles. The lowest BCUT2D eigenvalue weighted by Gasteiger charge is -2.10. The lowest BCUT2D eigenvalue weighted by atomic mass is 10.1. The van der Waals surface area contributed by atoms with Gasteiger partial charge in [0.1, 0.15) is 6.33 Å². The van der Waals surface area contributed by atoms with E-state index in [1.165, 1.54) is 0 Å². The average Bonchev–Trinajstić information content (AvgIpc) is 2.09. The van der Waals surface area contributed by atoms with Crippen molar-refractivity contribution in [2.75, 3.05) is 0 Å². The molecule has 0 aliphatic rings. The second-order valence-corrected chi connectivity index (χ2v) is 3.41. The Morgan fingerprint density at radius 2 is 2.31 bits per heavy atom. The fraction of sp³-hybridized carbons (Fsp3) is 0.600. The third-order valence-electron chi connectivity index (χ3n) is 2.12. The highest BCUT2D eigenvalue weighted by Gasteiger charge is 2.05. The molecule has 0 fully saturated rings. The Labute approximate surface area is 79.4 Å². The molecule has 0 saturated heterocycles. The summed E-state index contributed by atoms with van der Waals surface area (Å²) in [4.78, 5) is 8.16. The molecule has 0 amide bonds. The van der Waals surface area contributed by atoms with Crippen LogP contribution in [0.2, 0.25) is 0 Å². The second-order valence-electron chi connectivity index (χ2n) is 3.41. The third kappa shape index (κ3) is 3.11. The van der Waals surface area contributed by atoms with E-state index in [2.05, 4.69) is 16.9 Å². The Morgan fingerprint density at radius 3 is 2.92 bits per heavy atom. The Morgan fingerprint density at radius 1 is 1.54 bits per heavy atom. The minimum atomic E-state index is 0.235. The number of aryl methyl sites for hydroxylation is 1. The quantitative estimate of drug-likeness (QED) is 0.761. The summed E-state index contributed by atoms with van der Waals surface area (Å²) in [5, 5.41) is 0. The van der Waals surface area contributed by atoms with Crippen LogP contribution in [0.5, 0.6) is 0 Å². The number of aromatic nitrogens is 2. The highest BCUT2D eigenvalue weighted by molar-refractivity contribution is 5.14. The normalized spacial score (nSPS) is 12.8. The van der Waals surface area contributed by atoms with Crippen LogP contribution in [0, 0.1) is 6.92 Å². The van der Waals surface area contributed by atoms with E-state index in [0.29, 0.717) is 0 Å². The van der Waals surface area contributed by atoms with Gasteiger partial charge in [0.2, 0.25) is 0 Å². The van der Waals surface area contributed by atoms with Gasteiger partial charge in [0.25, 0.3) is 0 Å². The number of nitrogens with two attached hydrogens (primary N) is 1. The number of hydrogen-bond acceptors (Lipinski definition) is 3. The summed E-state index contributed by atoms with van der Waals surface area (Å²) in [6.45, 7) is 4.17. The monoisotopic (exact) mass is 179 g/mol. The van der Waals surface area contributed by atoms with Crippen LogP contribution in [0.15, 0.2) is 12.5 Å². The third-order valence-corrected chi connectivity index (χ3v) is 2.12. The van der Waals surface area contributed by atoms with Gasteiger partial charge in [-0.25, -0.2) is 9.97 Å². The SMILES string of the molecule is CCCC(N)Cc1ncncc1C. The molecular formula is C10H17N3. The van der Waals surface area contributed by atoms with E-state index in [0.717, 1.165) is 30.5 Å². The van der Waals surface area contributed by atoms with Gasteiger partial charge < -0.3 is 5.73 Å². The van der Waals surface area contributed by atoms with Crippen molar-refractivity contribution in [3.05, 3.63) is 23.8 Å². The molecule has 1 aromatic rings. The molecule has 72 valence electrons. The highest BCUT2D eigenvalue weighted by Crippen LogP contribution is 2.06. The fourth-order valence-electron chi connectivity index (χ4n) is 1.36. The van der Waals surface area contributed by atoms with Gasteiger partial charge in [-0.2, -0.15) is 0 Å². The highest BCUT2D eigenvalue weighted by atomic mass is 14.8. The molecule has 2 N–H and O–H groups in total. The minimum Gasteiger partial charge on any atom is -0.327 e. The maximum atomic E-state index is 5.92. The van der Waals surface area contributed by atoms with Crippen LogP contribution >= 0.6 is 0 Å². The average molecular weight is 179 g/mol. The van der Waals surface area contributed by atoms with Crippen molar-refractivity contribution in [1.82, 2.24) is 9.97 Å². The van der Waals surface area contributed by atoms with Crippen LogP contribution in [0.1, 0.15) is 31.0 Å². The molecule has 1 atom stereocenters. The van der Waals surface area contributed by atoms with Gasteiger partial charge >= 0.3 is 0 Å². The van der Waals surface area contributed by atoms with Crippen molar-refractivity contribution in [2.45, 2.75) is 39.2 Å². The molecular weight excluding hydrogens is 162 g/mol. The van der Waals surface area contributed by atoms with Gasteiger partial charge in [0.15, 0.2) is 0 Å². The predicted molar refractivity (Wildman–Crippen MR) is 53.4 cm³/mol. The molecule has 1 rings (SSSR count). The number of rotatable bonds is 4. The predicted octanol–water partition coefficient (Wildman–Crippen LogP) is 1.45. The number of hydrogen-bond donors (Lipinski definition) is 1. The van der Waals surface area contributed by atoms with Crippen molar-refractivity contribution in [3.8, 4) is 0 Å². The van der Waals surface area contributed by atoms with Gasteiger partial charge in [-0.15, -0.1) is 0 Å². The Balaban J connectivity index is 2.58. The molecule has 3 heteroatoms. The first-order chi connectivity index (χ1) is 6.24. The van der Waals surface area contributed by atoms with E-state index in [1.54, 1.807) is 6.33 Å². The lowest BCUT2D eigenvalue weighted by Crippen LogP contribution is -2.23. The molecule has 1 aromatic heterocycles. The fourth-order valence-corrected chi connectivity index (χ4v) is 1.36. The Kier molecular flexibility index (Phi) is 3.83. The van der Waals surface area contributed by atoms with Crippen LogP contribution in [0.3, 0.4) is 0 Å². The lowest BCUT2D eigenvalue weighted by molar-refractivity contribution is 0.591. The Hall–Kier alpha value is -0.960. The molecule has 13 heavy (non-hydrogen) atoms.